The number of ether oxygens (including phenoxy) is 2. The van der Waals surface area contributed by atoms with Gasteiger partial charge in [0.1, 0.15) is 11.6 Å². The summed E-state index contributed by atoms with van der Waals surface area (Å²) in [5.74, 6) is 0.892. The topological polar surface area (TPSA) is 49.2 Å². The summed E-state index contributed by atoms with van der Waals surface area (Å²) in [6.07, 6.45) is 5.38. The average Bonchev–Trinajstić information content (AvgIpc) is 3.13. The number of hydrogen-bond acceptors (Lipinski definition) is 4. The van der Waals surface area contributed by atoms with Gasteiger partial charge in [-0.3, -0.25) is 4.57 Å². The molecule has 1 aliphatic rings. The smallest absolute Gasteiger partial charge is 0.224 e. The van der Waals surface area contributed by atoms with E-state index in [4.69, 9.17) is 26.1 Å². The van der Waals surface area contributed by atoms with E-state index in [1.165, 1.54) is 6.07 Å². The van der Waals surface area contributed by atoms with Crippen molar-refractivity contribution in [3.63, 3.8) is 0 Å². The first-order chi connectivity index (χ1) is 14.6. The van der Waals surface area contributed by atoms with E-state index >= 15 is 0 Å². The Balaban J connectivity index is 1.87. The van der Waals surface area contributed by atoms with Gasteiger partial charge in [0.15, 0.2) is 0 Å². The van der Waals surface area contributed by atoms with Crippen LogP contribution in [0.15, 0.2) is 42.7 Å². The molecule has 0 saturated carbocycles. The van der Waals surface area contributed by atoms with Gasteiger partial charge in [0.25, 0.3) is 0 Å². The third-order valence-electron chi connectivity index (χ3n) is 5.56. The molecule has 31 heavy (non-hydrogen) atoms. The molecule has 2 aromatic heterocycles. The highest BCUT2D eigenvalue weighted by Gasteiger charge is 2.41. The summed E-state index contributed by atoms with van der Waals surface area (Å²) < 4.78 is 27.5. The molecule has 0 N–H and O–H groups in total. The fraction of sp³-hybridized carbons (Fsp3) is 0.417. The zero-order valence-electron chi connectivity index (χ0n) is 18.4. The Kier molecular flexibility index (Phi) is 5.56. The maximum atomic E-state index is 13.8. The lowest BCUT2D eigenvalue weighted by Crippen LogP contribution is -2.44. The Labute approximate surface area is 187 Å². The van der Waals surface area contributed by atoms with E-state index in [1.807, 2.05) is 22.9 Å². The predicted octanol–water partition coefficient (Wildman–Crippen LogP) is 6.19. The summed E-state index contributed by atoms with van der Waals surface area (Å²) in [6.45, 7) is 8.46. The average molecular weight is 444 g/mol. The largest absolute Gasteiger partial charge is 0.480 e. The zero-order valence-corrected chi connectivity index (χ0v) is 19.2. The van der Waals surface area contributed by atoms with Gasteiger partial charge in [-0.15, -0.1) is 0 Å². The maximum absolute atomic E-state index is 13.8. The normalized spacial score (nSPS) is 18.2. The van der Waals surface area contributed by atoms with Crippen molar-refractivity contribution in [2.24, 2.45) is 0 Å². The van der Waals surface area contributed by atoms with Gasteiger partial charge < -0.3 is 9.47 Å². The van der Waals surface area contributed by atoms with Crippen LogP contribution in [0.3, 0.4) is 0 Å². The van der Waals surface area contributed by atoms with Crippen LogP contribution in [0.4, 0.5) is 4.39 Å². The first-order valence-electron chi connectivity index (χ1n) is 10.3. The summed E-state index contributed by atoms with van der Waals surface area (Å²) in [5.41, 5.74) is 1.90. The Morgan fingerprint density at radius 3 is 2.52 bits per heavy atom. The second-order valence-electron chi connectivity index (χ2n) is 9.24. The van der Waals surface area contributed by atoms with Crippen molar-refractivity contribution < 1.29 is 13.9 Å². The van der Waals surface area contributed by atoms with Crippen LogP contribution in [-0.2, 0) is 4.74 Å². The highest BCUT2D eigenvalue weighted by molar-refractivity contribution is 6.30. The number of nitrogens with zero attached hydrogens (tertiary/aromatic N) is 3. The van der Waals surface area contributed by atoms with E-state index in [0.717, 1.165) is 29.8 Å². The van der Waals surface area contributed by atoms with Crippen LogP contribution in [0, 0.1) is 5.82 Å². The number of benzene rings is 1. The molecule has 5 nitrogen and oxygen atoms in total. The molecule has 1 aliphatic heterocycles. The molecule has 3 aromatic rings. The number of rotatable bonds is 4. The van der Waals surface area contributed by atoms with Crippen molar-refractivity contribution in [3.05, 3.63) is 59.3 Å². The Bertz CT molecular complexity index is 1090. The van der Waals surface area contributed by atoms with Gasteiger partial charge in [0, 0.05) is 24.0 Å². The highest BCUT2D eigenvalue weighted by Crippen LogP contribution is 2.44. The molecule has 0 spiro atoms. The third kappa shape index (κ3) is 4.46. The van der Waals surface area contributed by atoms with Gasteiger partial charge in [-0.1, -0.05) is 11.6 Å². The molecule has 0 amide bonds. The molecule has 0 bridgehead atoms. The molecular weight excluding hydrogens is 417 g/mol. The molecule has 3 heterocycles. The van der Waals surface area contributed by atoms with Crippen molar-refractivity contribution in [1.82, 2.24) is 14.5 Å². The lowest BCUT2D eigenvalue weighted by Gasteiger charge is -2.45. The number of aromatic nitrogens is 3. The second kappa shape index (κ2) is 7.92. The summed E-state index contributed by atoms with van der Waals surface area (Å²) >= 11 is 6.09. The maximum Gasteiger partial charge on any atom is 0.224 e. The van der Waals surface area contributed by atoms with Crippen LogP contribution < -0.4 is 4.74 Å². The van der Waals surface area contributed by atoms with E-state index in [2.05, 4.69) is 32.7 Å². The summed E-state index contributed by atoms with van der Waals surface area (Å²) in [6, 6.07) is 8.41. The predicted molar refractivity (Wildman–Crippen MR) is 120 cm³/mol. The quantitative estimate of drug-likeness (QED) is 0.482. The Hall–Kier alpha value is -2.44. The zero-order chi connectivity index (χ0) is 22.4. The van der Waals surface area contributed by atoms with Gasteiger partial charge >= 0.3 is 0 Å². The van der Waals surface area contributed by atoms with Gasteiger partial charge in [0.2, 0.25) is 5.88 Å². The van der Waals surface area contributed by atoms with Crippen LogP contribution >= 0.6 is 11.6 Å². The van der Waals surface area contributed by atoms with E-state index in [1.54, 1.807) is 25.4 Å². The molecule has 1 saturated heterocycles. The Morgan fingerprint density at radius 2 is 1.87 bits per heavy atom. The lowest BCUT2D eigenvalue weighted by atomic mass is 9.79. The number of imidazole rings is 1. The van der Waals surface area contributed by atoms with Crippen LogP contribution in [0.1, 0.15) is 52.1 Å². The highest BCUT2D eigenvalue weighted by atomic mass is 35.5. The SMILES string of the molecule is COc1ncccc1-c1nc(C2CC(C)(C)OC(C)(C)C2)cn1-c1ccc(F)c(Cl)c1. The Morgan fingerprint density at radius 1 is 1.16 bits per heavy atom. The van der Waals surface area contributed by atoms with Crippen LogP contribution in [0.25, 0.3) is 17.1 Å². The molecule has 0 atom stereocenters. The minimum Gasteiger partial charge on any atom is -0.480 e. The van der Waals surface area contributed by atoms with Gasteiger partial charge in [0.05, 0.1) is 34.6 Å². The molecule has 0 unspecified atom stereocenters. The van der Waals surface area contributed by atoms with Gasteiger partial charge in [-0.2, -0.15) is 0 Å². The summed E-state index contributed by atoms with van der Waals surface area (Å²) in [7, 11) is 1.58. The van der Waals surface area contributed by atoms with E-state index in [0.29, 0.717) is 11.7 Å². The van der Waals surface area contributed by atoms with Gasteiger partial charge in [-0.05, 0) is 70.9 Å². The molecule has 164 valence electrons. The van der Waals surface area contributed by atoms with Crippen LogP contribution in [0.5, 0.6) is 5.88 Å². The van der Waals surface area contributed by atoms with Crippen molar-refractivity contribution >= 4 is 11.6 Å². The molecular formula is C24H27ClFN3O2. The van der Waals surface area contributed by atoms with Crippen LogP contribution in [0.2, 0.25) is 5.02 Å². The van der Waals surface area contributed by atoms with Gasteiger partial charge in [-0.25, -0.2) is 14.4 Å². The molecule has 4 rings (SSSR count). The fourth-order valence-corrected chi connectivity index (χ4v) is 4.81. The van der Waals surface area contributed by atoms with Crippen molar-refractivity contribution in [1.29, 1.82) is 0 Å². The van der Waals surface area contributed by atoms with E-state index < -0.39 is 5.82 Å². The van der Waals surface area contributed by atoms with Crippen molar-refractivity contribution in [3.8, 4) is 23.0 Å². The second-order valence-corrected chi connectivity index (χ2v) is 9.65. The standard InChI is InChI=1S/C24H27ClFN3O2/c1-23(2)12-15(13-24(3,4)31-23)20-14-29(16-8-9-19(26)18(25)11-16)21(28-20)17-7-6-10-27-22(17)30-5/h6-11,14-15H,12-13H2,1-5H3. The first-order valence-corrected chi connectivity index (χ1v) is 10.7. The number of methoxy groups -OCH3 is 1. The fourth-order valence-electron chi connectivity index (χ4n) is 4.64. The minimum atomic E-state index is -0.459. The molecule has 1 aromatic carbocycles. The number of halogens is 2. The summed E-state index contributed by atoms with van der Waals surface area (Å²) in [4.78, 5) is 9.35. The molecule has 0 radical (unpaired) electrons. The van der Waals surface area contributed by atoms with E-state index in [-0.39, 0.29) is 22.1 Å². The lowest BCUT2D eigenvalue weighted by molar-refractivity contribution is -0.162. The number of hydrogen-bond donors (Lipinski definition) is 0. The molecule has 1 fully saturated rings. The van der Waals surface area contributed by atoms with Crippen LogP contribution in [-0.4, -0.2) is 32.8 Å². The third-order valence-corrected chi connectivity index (χ3v) is 5.85. The first kappa shape index (κ1) is 21.8. The van der Waals surface area contributed by atoms with Crippen molar-refractivity contribution in [2.75, 3.05) is 7.11 Å². The molecule has 7 heteroatoms. The number of pyridine rings is 1. The molecule has 0 aliphatic carbocycles. The summed E-state index contributed by atoms with van der Waals surface area (Å²) in [5, 5.41) is 0.0604. The monoisotopic (exact) mass is 443 g/mol. The van der Waals surface area contributed by atoms with E-state index in [9.17, 15) is 4.39 Å². The van der Waals surface area contributed by atoms with Crippen molar-refractivity contribution in [2.45, 2.75) is 57.7 Å². The minimum absolute atomic E-state index is 0.0604.